The molecular formula is C20H25NO. The summed E-state index contributed by atoms with van der Waals surface area (Å²) in [6, 6.07) is 18.5. The number of rotatable bonds is 4. The van der Waals surface area contributed by atoms with Crippen LogP contribution in [0.2, 0.25) is 0 Å². The maximum atomic E-state index is 9.71. The molecule has 116 valence electrons. The molecule has 0 saturated carbocycles. The number of hydrogen-bond acceptors (Lipinski definition) is 2. The predicted molar refractivity (Wildman–Crippen MR) is 91.3 cm³/mol. The molecule has 0 atom stereocenters. The van der Waals surface area contributed by atoms with Crippen molar-refractivity contribution in [2.45, 2.75) is 31.6 Å². The molecule has 2 aromatic rings. The smallest absolute Gasteiger partial charge is 0.115 e. The van der Waals surface area contributed by atoms with Gasteiger partial charge in [-0.2, -0.15) is 0 Å². The van der Waals surface area contributed by atoms with Gasteiger partial charge in [-0.25, -0.2) is 0 Å². The third kappa shape index (κ3) is 3.50. The lowest BCUT2D eigenvalue weighted by Gasteiger charge is -2.40. The first-order valence-electron chi connectivity index (χ1n) is 8.22. The van der Waals surface area contributed by atoms with Crippen molar-refractivity contribution in [2.75, 3.05) is 19.6 Å². The van der Waals surface area contributed by atoms with Crippen molar-refractivity contribution in [2.24, 2.45) is 0 Å². The molecular weight excluding hydrogens is 270 g/mol. The maximum Gasteiger partial charge on any atom is 0.115 e. The minimum absolute atomic E-state index is 0.196. The zero-order valence-electron chi connectivity index (χ0n) is 13.3. The van der Waals surface area contributed by atoms with Gasteiger partial charge in [0.2, 0.25) is 0 Å². The van der Waals surface area contributed by atoms with Gasteiger partial charge in [0.25, 0.3) is 0 Å². The Bertz CT molecular complexity index is 600. The summed E-state index contributed by atoms with van der Waals surface area (Å²) in [5, 5.41) is 9.71. The zero-order chi connectivity index (χ0) is 15.4. The highest BCUT2D eigenvalue weighted by Gasteiger charge is 2.31. The van der Waals surface area contributed by atoms with Gasteiger partial charge in [0.15, 0.2) is 0 Å². The van der Waals surface area contributed by atoms with Gasteiger partial charge in [0, 0.05) is 6.54 Å². The predicted octanol–water partition coefficient (Wildman–Crippen LogP) is 3.99. The number of nitrogens with zero attached hydrogens (tertiary/aromatic N) is 1. The standard InChI is InChI=1S/C20H25NO/c1-20(18-8-5-9-19(22)16-18)11-14-21(15-12-20)13-10-17-6-3-2-4-7-17/h2-9,16,22H,10-15H2,1H3. The topological polar surface area (TPSA) is 23.5 Å². The molecule has 0 unspecified atom stereocenters. The second-order valence-corrected chi connectivity index (χ2v) is 6.69. The number of aromatic hydroxyl groups is 1. The number of piperidine rings is 1. The monoisotopic (exact) mass is 295 g/mol. The van der Waals surface area contributed by atoms with E-state index in [4.69, 9.17) is 0 Å². The molecule has 0 radical (unpaired) electrons. The molecule has 3 rings (SSSR count). The number of benzene rings is 2. The van der Waals surface area contributed by atoms with Crippen LogP contribution in [0.15, 0.2) is 54.6 Å². The Morgan fingerprint density at radius 2 is 1.73 bits per heavy atom. The van der Waals surface area contributed by atoms with Crippen LogP contribution >= 0.6 is 0 Å². The van der Waals surface area contributed by atoms with E-state index < -0.39 is 0 Å². The summed E-state index contributed by atoms with van der Waals surface area (Å²) in [6.07, 6.45) is 3.44. The molecule has 1 saturated heterocycles. The van der Waals surface area contributed by atoms with Crippen molar-refractivity contribution in [3.05, 3.63) is 65.7 Å². The molecule has 1 N–H and O–H groups in total. The number of hydrogen-bond donors (Lipinski definition) is 1. The molecule has 2 aromatic carbocycles. The van der Waals surface area contributed by atoms with Gasteiger partial charge in [-0.1, -0.05) is 49.4 Å². The number of phenolic OH excluding ortho intramolecular Hbond substituents is 1. The average molecular weight is 295 g/mol. The first kappa shape index (κ1) is 15.1. The summed E-state index contributed by atoms with van der Waals surface area (Å²) < 4.78 is 0. The first-order valence-corrected chi connectivity index (χ1v) is 8.22. The number of phenols is 1. The minimum atomic E-state index is 0.196. The van der Waals surface area contributed by atoms with Crippen LogP contribution in [0.4, 0.5) is 0 Å². The van der Waals surface area contributed by atoms with Crippen LogP contribution in [0.25, 0.3) is 0 Å². The third-order valence-corrected chi connectivity index (χ3v) is 5.06. The summed E-state index contributed by atoms with van der Waals surface area (Å²) in [5.74, 6) is 0.380. The summed E-state index contributed by atoms with van der Waals surface area (Å²) in [4.78, 5) is 2.57. The van der Waals surface area contributed by atoms with Gasteiger partial charge in [-0.15, -0.1) is 0 Å². The van der Waals surface area contributed by atoms with Gasteiger partial charge < -0.3 is 10.0 Å². The molecule has 22 heavy (non-hydrogen) atoms. The SMILES string of the molecule is CC1(c2cccc(O)c2)CCN(CCc2ccccc2)CC1. The quantitative estimate of drug-likeness (QED) is 0.922. The summed E-state index contributed by atoms with van der Waals surface area (Å²) >= 11 is 0. The van der Waals surface area contributed by atoms with Crippen molar-refractivity contribution in [3.63, 3.8) is 0 Å². The highest BCUT2D eigenvalue weighted by molar-refractivity contribution is 5.33. The van der Waals surface area contributed by atoms with E-state index in [0.717, 1.165) is 38.9 Å². The molecule has 0 bridgehead atoms. The molecule has 1 aliphatic heterocycles. The number of likely N-dealkylation sites (tertiary alicyclic amines) is 1. The van der Waals surface area contributed by atoms with Crippen molar-refractivity contribution in [1.82, 2.24) is 4.90 Å². The average Bonchev–Trinajstić information content (AvgIpc) is 2.55. The molecule has 1 fully saturated rings. The lowest BCUT2D eigenvalue weighted by Crippen LogP contribution is -2.41. The molecule has 2 nitrogen and oxygen atoms in total. The second-order valence-electron chi connectivity index (χ2n) is 6.69. The molecule has 0 spiro atoms. The van der Waals surface area contributed by atoms with Crippen molar-refractivity contribution in [3.8, 4) is 5.75 Å². The van der Waals surface area contributed by atoms with Gasteiger partial charge in [0.05, 0.1) is 0 Å². The van der Waals surface area contributed by atoms with E-state index in [0.29, 0.717) is 5.75 Å². The van der Waals surface area contributed by atoms with E-state index >= 15 is 0 Å². The molecule has 2 heteroatoms. The Morgan fingerprint density at radius 3 is 2.41 bits per heavy atom. The van der Waals surface area contributed by atoms with Crippen molar-refractivity contribution in [1.29, 1.82) is 0 Å². The Morgan fingerprint density at radius 1 is 1.00 bits per heavy atom. The van der Waals surface area contributed by atoms with Crippen LogP contribution in [0.3, 0.4) is 0 Å². The van der Waals surface area contributed by atoms with E-state index in [-0.39, 0.29) is 5.41 Å². The molecule has 0 amide bonds. The van der Waals surface area contributed by atoms with E-state index in [2.05, 4.69) is 48.2 Å². The summed E-state index contributed by atoms with van der Waals surface area (Å²) in [6.45, 7) is 5.74. The van der Waals surface area contributed by atoms with Crippen LogP contribution in [-0.4, -0.2) is 29.6 Å². The van der Waals surface area contributed by atoms with Crippen LogP contribution in [0.5, 0.6) is 5.75 Å². The van der Waals surface area contributed by atoms with Crippen LogP contribution in [0, 0.1) is 0 Å². The Balaban J connectivity index is 1.56. The molecule has 1 aliphatic rings. The van der Waals surface area contributed by atoms with Crippen LogP contribution < -0.4 is 0 Å². The fourth-order valence-corrected chi connectivity index (χ4v) is 3.37. The van der Waals surface area contributed by atoms with Crippen molar-refractivity contribution >= 4 is 0 Å². The van der Waals surface area contributed by atoms with Crippen molar-refractivity contribution < 1.29 is 5.11 Å². The van der Waals surface area contributed by atoms with E-state index in [1.165, 1.54) is 11.1 Å². The highest BCUT2D eigenvalue weighted by atomic mass is 16.3. The third-order valence-electron chi connectivity index (χ3n) is 5.06. The molecule has 1 heterocycles. The normalized spacial score (nSPS) is 18.2. The maximum absolute atomic E-state index is 9.71. The first-order chi connectivity index (χ1) is 10.7. The van der Waals surface area contributed by atoms with E-state index in [1.807, 2.05) is 12.1 Å². The summed E-state index contributed by atoms with van der Waals surface area (Å²) in [5.41, 5.74) is 2.89. The Kier molecular flexibility index (Phi) is 4.49. The molecule has 0 aliphatic carbocycles. The summed E-state index contributed by atoms with van der Waals surface area (Å²) in [7, 11) is 0. The van der Waals surface area contributed by atoms with E-state index in [1.54, 1.807) is 6.07 Å². The van der Waals surface area contributed by atoms with Gasteiger partial charge in [0.1, 0.15) is 5.75 Å². The van der Waals surface area contributed by atoms with Crippen LogP contribution in [0.1, 0.15) is 30.9 Å². The fourth-order valence-electron chi connectivity index (χ4n) is 3.37. The van der Waals surface area contributed by atoms with E-state index in [9.17, 15) is 5.11 Å². The minimum Gasteiger partial charge on any atom is -0.508 e. The molecule has 0 aromatic heterocycles. The van der Waals surface area contributed by atoms with Crippen LogP contribution in [-0.2, 0) is 11.8 Å². The zero-order valence-corrected chi connectivity index (χ0v) is 13.3. The Hall–Kier alpha value is -1.80. The van der Waals surface area contributed by atoms with Gasteiger partial charge in [-0.05, 0) is 61.0 Å². The van der Waals surface area contributed by atoms with Gasteiger partial charge >= 0.3 is 0 Å². The lowest BCUT2D eigenvalue weighted by molar-refractivity contribution is 0.170. The van der Waals surface area contributed by atoms with Gasteiger partial charge in [-0.3, -0.25) is 0 Å². The lowest BCUT2D eigenvalue weighted by atomic mass is 9.74. The fraction of sp³-hybridized carbons (Fsp3) is 0.400. The largest absolute Gasteiger partial charge is 0.508 e. The second kappa shape index (κ2) is 6.53. The highest BCUT2D eigenvalue weighted by Crippen LogP contribution is 2.36. The Labute approximate surface area is 133 Å².